The third-order valence-corrected chi connectivity index (χ3v) is 5.84. The first-order valence-corrected chi connectivity index (χ1v) is 9.34. The summed E-state index contributed by atoms with van der Waals surface area (Å²) in [6, 6.07) is 4.16. The zero-order chi connectivity index (χ0) is 17.7. The minimum atomic E-state index is -3.82. The highest BCUT2D eigenvalue weighted by Crippen LogP contribution is 2.28. The van der Waals surface area contributed by atoms with E-state index in [1.807, 2.05) is 0 Å². The summed E-state index contributed by atoms with van der Waals surface area (Å²) in [6.45, 7) is 0.812. The van der Waals surface area contributed by atoms with Crippen molar-refractivity contribution in [2.45, 2.75) is 23.8 Å². The maximum Gasteiger partial charge on any atom is 0.243 e. The van der Waals surface area contributed by atoms with E-state index in [1.54, 1.807) is 0 Å². The lowest BCUT2D eigenvalue weighted by atomic mass is 10.2. The fraction of sp³-hybridized carbons (Fsp3) is 0.533. The van der Waals surface area contributed by atoms with Gasteiger partial charge in [-0.15, -0.1) is 0 Å². The Hall–Kier alpha value is -1.35. The van der Waals surface area contributed by atoms with Crippen LogP contribution in [0.25, 0.3) is 0 Å². The van der Waals surface area contributed by atoms with Gasteiger partial charge in [0.2, 0.25) is 15.9 Å². The van der Waals surface area contributed by atoms with Crippen LogP contribution < -0.4 is 10.1 Å². The van der Waals surface area contributed by atoms with Gasteiger partial charge in [-0.1, -0.05) is 11.6 Å². The molecule has 1 amide bonds. The second kappa shape index (κ2) is 8.15. The molecule has 1 N–H and O–H groups in total. The smallest absolute Gasteiger partial charge is 0.243 e. The Morgan fingerprint density at radius 2 is 2.25 bits per heavy atom. The van der Waals surface area contributed by atoms with Crippen molar-refractivity contribution in [3.8, 4) is 5.75 Å². The summed E-state index contributed by atoms with van der Waals surface area (Å²) in [4.78, 5) is 11.9. The van der Waals surface area contributed by atoms with E-state index in [9.17, 15) is 13.2 Å². The summed E-state index contributed by atoms with van der Waals surface area (Å²) < 4.78 is 36.4. The lowest BCUT2D eigenvalue weighted by Gasteiger charge is -2.18. The third kappa shape index (κ3) is 4.60. The van der Waals surface area contributed by atoms with Crippen LogP contribution >= 0.6 is 11.6 Å². The average molecular weight is 377 g/mol. The molecule has 1 heterocycles. The van der Waals surface area contributed by atoms with Crippen LogP contribution in [0.2, 0.25) is 5.02 Å². The van der Waals surface area contributed by atoms with E-state index in [1.165, 1.54) is 32.4 Å². The highest BCUT2D eigenvalue weighted by Gasteiger charge is 2.24. The molecule has 1 aromatic rings. The molecule has 1 aromatic carbocycles. The summed E-state index contributed by atoms with van der Waals surface area (Å²) in [5.41, 5.74) is 0. The molecule has 0 saturated carbocycles. The number of rotatable bonds is 7. The SMILES string of the molecule is COc1ccc(S(=O)(=O)N(C)CC(=O)NC[C@H]2CCCO2)cc1Cl. The topological polar surface area (TPSA) is 84.9 Å². The molecule has 7 nitrogen and oxygen atoms in total. The monoisotopic (exact) mass is 376 g/mol. The Morgan fingerprint density at radius 1 is 1.50 bits per heavy atom. The number of hydrogen-bond acceptors (Lipinski definition) is 5. The maximum absolute atomic E-state index is 12.5. The number of amides is 1. The van der Waals surface area contributed by atoms with Crippen molar-refractivity contribution in [1.29, 1.82) is 0 Å². The predicted octanol–water partition coefficient (Wildman–Crippen LogP) is 1.26. The number of halogens is 1. The standard InChI is InChI=1S/C15H21ClN2O5S/c1-18(10-15(19)17-9-11-4-3-7-23-11)24(20,21)12-5-6-14(22-2)13(16)8-12/h5-6,8,11H,3-4,7,9-10H2,1-2H3,(H,17,19)/t11-/m1/s1. The van der Waals surface area contributed by atoms with Gasteiger partial charge in [-0.25, -0.2) is 8.42 Å². The van der Waals surface area contributed by atoms with E-state index >= 15 is 0 Å². The Labute approximate surface area is 146 Å². The molecule has 134 valence electrons. The van der Waals surface area contributed by atoms with Crippen molar-refractivity contribution in [1.82, 2.24) is 9.62 Å². The number of likely N-dealkylation sites (N-methyl/N-ethyl adjacent to an activating group) is 1. The first-order chi connectivity index (χ1) is 11.3. The van der Waals surface area contributed by atoms with E-state index < -0.39 is 10.0 Å². The van der Waals surface area contributed by atoms with Gasteiger partial charge in [-0.3, -0.25) is 4.79 Å². The quantitative estimate of drug-likeness (QED) is 0.774. The van der Waals surface area contributed by atoms with Crippen LogP contribution in [-0.4, -0.2) is 58.6 Å². The molecule has 0 unspecified atom stereocenters. The molecule has 0 radical (unpaired) electrons. The molecule has 1 atom stereocenters. The predicted molar refractivity (Wildman–Crippen MR) is 89.8 cm³/mol. The molecule has 0 aromatic heterocycles. The van der Waals surface area contributed by atoms with Crippen LogP contribution in [0.3, 0.4) is 0 Å². The Morgan fingerprint density at radius 3 is 2.83 bits per heavy atom. The molecule has 0 aliphatic carbocycles. The second-order valence-corrected chi connectivity index (χ2v) is 7.95. The molecular weight excluding hydrogens is 356 g/mol. The lowest BCUT2D eigenvalue weighted by Crippen LogP contribution is -2.40. The number of hydrogen-bond donors (Lipinski definition) is 1. The average Bonchev–Trinajstić information content (AvgIpc) is 3.06. The summed E-state index contributed by atoms with van der Waals surface area (Å²) in [5, 5.41) is 2.88. The largest absolute Gasteiger partial charge is 0.495 e. The highest BCUT2D eigenvalue weighted by molar-refractivity contribution is 7.89. The van der Waals surface area contributed by atoms with Gasteiger partial charge in [0.25, 0.3) is 0 Å². The number of benzene rings is 1. The van der Waals surface area contributed by atoms with Crippen LogP contribution in [0.1, 0.15) is 12.8 Å². The molecule has 1 aliphatic heterocycles. The number of carbonyl (C=O) groups excluding carboxylic acids is 1. The second-order valence-electron chi connectivity index (χ2n) is 5.50. The summed E-state index contributed by atoms with van der Waals surface area (Å²) in [7, 11) is -1.03. The Bertz CT molecular complexity index is 689. The normalized spacial score (nSPS) is 17.9. The first-order valence-electron chi connectivity index (χ1n) is 7.52. The number of methoxy groups -OCH3 is 1. The minimum Gasteiger partial charge on any atom is -0.495 e. The van der Waals surface area contributed by atoms with Crippen molar-refractivity contribution >= 4 is 27.5 Å². The van der Waals surface area contributed by atoms with Gasteiger partial charge in [-0.2, -0.15) is 4.31 Å². The summed E-state index contributed by atoms with van der Waals surface area (Å²) >= 11 is 5.97. The molecule has 24 heavy (non-hydrogen) atoms. The van der Waals surface area contributed by atoms with Gasteiger partial charge >= 0.3 is 0 Å². The molecule has 0 bridgehead atoms. The number of ether oxygens (including phenoxy) is 2. The van der Waals surface area contributed by atoms with Crippen molar-refractivity contribution in [2.75, 3.05) is 33.9 Å². The summed E-state index contributed by atoms with van der Waals surface area (Å²) in [6.07, 6.45) is 1.89. The van der Waals surface area contributed by atoms with Crippen molar-refractivity contribution < 1.29 is 22.7 Å². The maximum atomic E-state index is 12.5. The van der Waals surface area contributed by atoms with Crippen LogP contribution in [0.4, 0.5) is 0 Å². The van der Waals surface area contributed by atoms with Gasteiger partial charge in [0, 0.05) is 20.2 Å². The van der Waals surface area contributed by atoms with Gasteiger partial charge in [0.1, 0.15) is 5.75 Å². The van der Waals surface area contributed by atoms with E-state index in [4.69, 9.17) is 21.1 Å². The minimum absolute atomic E-state index is 0.00252. The number of carbonyl (C=O) groups is 1. The van der Waals surface area contributed by atoms with E-state index in [0.29, 0.717) is 18.9 Å². The van der Waals surface area contributed by atoms with Crippen LogP contribution in [0.5, 0.6) is 5.75 Å². The van der Waals surface area contributed by atoms with Crippen LogP contribution in [-0.2, 0) is 19.6 Å². The van der Waals surface area contributed by atoms with Gasteiger partial charge in [0.15, 0.2) is 0 Å². The third-order valence-electron chi connectivity index (χ3n) is 3.75. The van der Waals surface area contributed by atoms with Crippen molar-refractivity contribution in [3.63, 3.8) is 0 Å². The molecule has 9 heteroatoms. The van der Waals surface area contributed by atoms with E-state index in [-0.39, 0.29) is 28.5 Å². The molecule has 2 rings (SSSR count). The molecular formula is C15H21ClN2O5S. The van der Waals surface area contributed by atoms with Crippen molar-refractivity contribution in [2.24, 2.45) is 0 Å². The Balaban J connectivity index is 1.97. The zero-order valence-corrected chi connectivity index (χ0v) is 15.2. The zero-order valence-electron chi connectivity index (χ0n) is 13.6. The van der Waals surface area contributed by atoms with Crippen molar-refractivity contribution in [3.05, 3.63) is 23.2 Å². The summed E-state index contributed by atoms with van der Waals surface area (Å²) in [5.74, 6) is 0.00348. The first kappa shape index (κ1) is 19.0. The highest BCUT2D eigenvalue weighted by atomic mass is 35.5. The number of nitrogens with zero attached hydrogens (tertiary/aromatic N) is 1. The fourth-order valence-corrected chi connectivity index (χ4v) is 3.84. The molecule has 1 saturated heterocycles. The molecule has 0 spiro atoms. The number of nitrogens with one attached hydrogen (secondary N) is 1. The fourth-order valence-electron chi connectivity index (χ4n) is 2.36. The molecule has 1 aliphatic rings. The van der Waals surface area contributed by atoms with E-state index in [0.717, 1.165) is 17.1 Å². The van der Waals surface area contributed by atoms with E-state index in [2.05, 4.69) is 5.32 Å². The van der Waals surface area contributed by atoms with Crippen LogP contribution in [0.15, 0.2) is 23.1 Å². The number of sulfonamides is 1. The molecule has 1 fully saturated rings. The van der Waals surface area contributed by atoms with Gasteiger partial charge < -0.3 is 14.8 Å². The van der Waals surface area contributed by atoms with Gasteiger partial charge in [0.05, 0.1) is 29.7 Å². The van der Waals surface area contributed by atoms with Gasteiger partial charge in [-0.05, 0) is 31.0 Å². The van der Waals surface area contributed by atoms with Crippen LogP contribution in [0, 0.1) is 0 Å². The Kier molecular flexibility index (Phi) is 6.45. The lowest BCUT2D eigenvalue weighted by molar-refractivity contribution is -0.121.